The third kappa shape index (κ3) is 6.84. The molecule has 2 N–H and O–H groups in total. The molecule has 0 spiro atoms. The number of carbonyl (C=O) groups excluding carboxylic acids is 2. The Morgan fingerprint density at radius 2 is 1.57 bits per heavy atom. The van der Waals surface area contributed by atoms with Crippen molar-refractivity contribution in [3.8, 4) is 34.1 Å². The maximum absolute atomic E-state index is 13.5. The molecule has 1 aromatic heterocycles. The minimum atomic E-state index is -0.709. The first-order valence-corrected chi connectivity index (χ1v) is 15.9. The van der Waals surface area contributed by atoms with Gasteiger partial charge in [0.2, 0.25) is 5.75 Å². The molecule has 0 radical (unpaired) electrons. The highest BCUT2D eigenvalue weighted by Crippen LogP contribution is 2.41. The van der Waals surface area contributed by atoms with Crippen LogP contribution in [-0.2, 0) is 0 Å². The molecule has 5 aromatic rings. The molecule has 0 bridgehead atoms. The molecule has 0 aliphatic heterocycles. The van der Waals surface area contributed by atoms with E-state index in [9.17, 15) is 9.59 Å². The molecule has 1 amide bonds. The second kappa shape index (κ2) is 14.4. The smallest absolute Gasteiger partial charge is 0.343 e. The summed E-state index contributed by atoms with van der Waals surface area (Å²) in [7, 11) is 4.34. The summed E-state index contributed by atoms with van der Waals surface area (Å²) in [4.78, 5) is 29.9. The van der Waals surface area contributed by atoms with E-state index in [0.717, 1.165) is 0 Å². The predicted molar refractivity (Wildman–Crippen MR) is 187 cm³/mol. The van der Waals surface area contributed by atoms with E-state index in [1.807, 2.05) is 0 Å². The van der Waals surface area contributed by atoms with Crippen LogP contribution in [0.2, 0.25) is 15.1 Å². The summed E-state index contributed by atoms with van der Waals surface area (Å²) in [5.74, 6) is -0.259. The van der Waals surface area contributed by atoms with Crippen molar-refractivity contribution in [3.05, 3.63) is 101 Å². The fraction of sp³-hybridized carbons (Fsp3) is 0.0938. The fourth-order valence-corrected chi connectivity index (χ4v) is 6.79. The summed E-state index contributed by atoms with van der Waals surface area (Å²) in [6, 6.07) is 16.7. The van der Waals surface area contributed by atoms with Gasteiger partial charge in [-0.1, -0.05) is 68.9 Å². The highest BCUT2D eigenvalue weighted by atomic mass is 79.9. The van der Waals surface area contributed by atoms with Crippen molar-refractivity contribution in [2.45, 2.75) is 0 Å². The standard InChI is InChI=1S/C32H22Br2Cl3N3O6/c1-43-24-9-15(10-25(44-2)30(24)45-3)32(42)46-29-16(8-17(33)11-21(29)34)14-38-40-31(41)28-26(19-6-4-5-7-22(19)36)20-12-18(35)13-23(37)27(20)39-28/h4-14,39H,1-3H3,(H,40,41). The van der Waals surface area contributed by atoms with Gasteiger partial charge in [0, 0.05) is 36.6 Å². The van der Waals surface area contributed by atoms with E-state index in [0.29, 0.717) is 57.4 Å². The van der Waals surface area contributed by atoms with Crippen LogP contribution in [0.15, 0.2) is 74.7 Å². The maximum Gasteiger partial charge on any atom is 0.343 e. The normalized spacial score (nSPS) is 11.1. The zero-order chi connectivity index (χ0) is 33.1. The molecule has 0 unspecified atom stereocenters. The summed E-state index contributed by atoms with van der Waals surface area (Å²) >= 11 is 26.2. The Bertz CT molecular complexity index is 2010. The van der Waals surface area contributed by atoms with Gasteiger partial charge in [-0.2, -0.15) is 5.10 Å². The molecule has 0 saturated heterocycles. The third-order valence-electron chi connectivity index (χ3n) is 6.70. The second-order valence-electron chi connectivity index (χ2n) is 9.47. The minimum absolute atomic E-state index is 0.142. The number of esters is 1. The number of hydrogen-bond acceptors (Lipinski definition) is 7. The maximum atomic E-state index is 13.5. The van der Waals surface area contributed by atoms with E-state index in [-0.39, 0.29) is 28.5 Å². The monoisotopic (exact) mass is 807 g/mol. The van der Waals surface area contributed by atoms with E-state index in [2.05, 4.69) is 47.4 Å². The number of H-pyrrole nitrogens is 1. The number of halogens is 5. The number of nitrogens with zero attached hydrogens (tertiary/aromatic N) is 1. The second-order valence-corrected chi connectivity index (χ2v) is 12.5. The average Bonchev–Trinajstić information content (AvgIpc) is 3.41. The molecule has 9 nitrogen and oxygen atoms in total. The minimum Gasteiger partial charge on any atom is -0.493 e. The van der Waals surface area contributed by atoms with Crippen LogP contribution in [0.4, 0.5) is 0 Å². The van der Waals surface area contributed by atoms with Crippen LogP contribution < -0.4 is 24.4 Å². The Morgan fingerprint density at radius 3 is 2.22 bits per heavy atom. The number of rotatable bonds is 9. The summed E-state index contributed by atoms with van der Waals surface area (Å²) in [5.41, 5.74) is 4.80. The molecule has 4 aromatic carbocycles. The fourth-order valence-electron chi connectivity index (χ4n) is 4.68. The molecular formula is C32H22Br2Cl3N3O6. The Labute approximate surface area is 295 Å². The first kappa shape index (κ1) is 33.6. The highest BCUT2D eigenvalue weighted by Gasteiger charge is 2.23. The number of aromatic nitrogens is 1. The molecule has 1 heterocycles. The lowest BCUT2D eigenvalue weighted by Crippen LogP contribution is -2.19. The van der Waals surface area contributed by atoms with Gasteiger partial charge < -0.3 is 23.9 Å². The van der Waals surface area contributed by atoms with Crippen molar-refractivity contribution in [3.63, 3.8) is 0 Å². The van der Waals surface area contributed by atoms with Crippen LogP contribution in [0.1, 0.15) is 26.4 Å². The van der Waals surface area contributed by atoms with Crippen molar-refractivity contribution in [1.82, 2.24) is 10.4 Å². The molecule has 14 heteroatoms. The van der Waals surface area contributed by atoms with E-state index in [1.165, 1.54) is 39.7 Å². The lowest BCUT2D eigenvalue weighted by atomic mass is 10.0. The van der Waals surface area contributed by atoms with Gasteiger partial charge in [0.15, 0.2) is 17.2 Å². The van der Waals surface area contributed by atoms with Gasteiger partial charge >= 0.3 is 5.97 Å². The van der Waals surface area contributed by atoms with Gasteiger partial charge in [-0.25, -0.2) is 10.2 Å². The highest BCUT2D eigenvalue weighted by molar-refractivity contribution is 9.11. The van der Waals surface area contributed by atoms with E-state index in [4.69, 9.17) is 53.8 Å². The Morgan fingerprint density at radius 1 is 0.870 bits per heavy atom. The van der Waals surface area contributed by atoms with Crippen LogP contribution >= 0.6 is 66.7 Å². The van der Waals surface area contributed by atoms with Crippen molar-refractivity contribution < 1.29 is 28.5 Å². The first-order chi connectivity index (χ1) is 22.1. The van der Waals surface area contributed by atoms with Crippen molar-refractivity contribution in [1.29, 1.82) is 0 Å². The number of benzene rings is 4. The topological polar surface area (TPSA) is 111 Å². The van der Waals surface area contributed by atoms with Crippen LogP contribution in [0, 0.1) is 0 Å². The Kier molecular flexibility index (Phi) is 10.5. The van der Waals surface area contributed by atoms with Crippen LogP contribution in [0.3, 0.4) is 0 Å². The molecule has 0 fully saturated rings. The molecular weight excluding hydrogens is 789 g/mol. The lowest BCUT2D eigenvalue weighted by Gasteiger charge is -2.15. The molecule has 0 saturated carbocycles. The number of methoxy groups -OCH3 is 3. The first-order valence-electron chi connectivity index (χ1n) is 13.2. The molecule has 46 heavy (non-hydrogen) atoms. The predicted octanol–water partition coefficient (Wildman–Crippen LogP) is 9.33. The molecule has 0 aliphatic rings. The van der Waals surface area contributed by atoms with Gasteiger partial charge in [0.1, 0.15) is 5.69 Å². The number of aromatic amines is 1. The SMILES string of the molecule is COc1cc(C(=O)Oc2c(Br)cc(Br)cc2C=NNC(=O)c2[nH]c3c(Cl)cc(Cl)cc3c2-c2ccccc2Cl)cc(OC)c1OC. The van der Waals surface area contributed by atoms with E-state index in [1.54, 1.807) is 48.5 Å². The summed E-state index contributed by atoms with van der Waals surface area (Å²) in [6.07, 6.45) is 1.34. The Balaban J connectivity index is 1.47. The molecule has 5 rings (SSSR count). The van der Waals surface area contributed by atoms with Crippen molar-refractivity contribution in [2.24, 2.45) is 5.10 Å². The summed E-state index contributed by atoms with van der Waals surface area (Å²) in [6.45, 7) is 0. The molecule has 0 aliphatic carbocycles. The van der Waals surface area contributed by atoms with Crippen molar-refractivity contribution >= 4 is 95.7 Å². The van der Waals surface area contributed by atoms with Gasteiger partial charge in [-0.15, -0.1) is 0 Å². The van der Waals surface area contributed by atoms with Gasteiger partial charge in [0.05, 0.1) is 48.1 Å². The van der Waals surface area contributed by atoms with Gasteiger partial charge in [-0.3, -0.25) is 4.79 Å². The number of carbonyl (C=O) groups is 2. The van der Waals surface area contributed by atoms with Gasteiger partial charge in [-0.05, 0) is 58.4 Å². The quantitative estimate of drug-likeness (QED) is 0.0665. The van der Waals surface area contributed by atoms with E-state index < -0.39 is 11.9 Å². The zero-order valence-corrected chi connectivity index (χ0v) is 29.6. The van der Waals surface area contributed by atoms with Crippen LogP contribution in [-0.4, -0.2) is 44.4 Å². The number of ether oxygens (including phenoxy) is 4. The molecule has 0 atom stereocenters. The number of hydrazone groups is 1. The average molecular weight is 811 g/mol. The molecule has 236 valence electrons. The lowest BCUT2D eigenvalue weighted by molar-refractivity contribution is 0.0732. The number of fused-ring (bicyclic) bond motifs is 1. The Hall–Kier alpha value is -3.74. The van der Waals surface area contributed by atoms with E-state index >= 15 is 0 Å². The number of nitrogens with one attached hydrogen (secondary N) is 2. The van der Waals surface area contributed by atoms with Crippen LogP contribution in [0.25, 0.3) is 22.0 Å². The van der Waals surface area contributed by atoms with Crippen LogP contribution in [0.5, 0.6) is 23.0 Å². The van der Waals surface area contributed by atoms with Crippen molar-refractivity contribution in [2.75, 3.05) is 21.3 Å². The zero-order valence-electron chi connectivity index (χ0n) is 24.1. The summed E-state index contributed by atoms with van der Waals surface area (Å²) < 4.78 is 22.9. The largest absolute Gasteiger partial charge is 0.493 e. The third-order valence-corrected chi connectivity index (χ3v) is 8.59. The number of amides is 1. The number of hydrogen-bond donors (Lipinski definition) is 2. The summed E-state index contributed by atoms with van der Waals surface area (Å²) in [5, 5.41) is 5.91. The van der Waals surface area contributed by atoms with Gasteiger partial charge in [0.25, 0.3) is 5.91 Å².